The van der Waals surface area contributed by atoms with Crippen LogP contribution in [0.1, 0.15) is 50.5 Å². The van der Waals surface area contributed by atoms with Gasteiger partial charge in [0, 0.05) is 20.2 Å². The van der Waals surface area contributed by atoms with Crippen molar-refractivity contribution in [2.45, 2.75) is 51.0 Å². The van der Waals surface area contributed by atoms with E-state index in [4.69, 9.17) is 4.74 Å². The van der Waals surface area contributed by atoms with Gasteiger partial charge in [0.15, 0.2) is 0 Å². The molecule has 4 heteroatoms. The minimum atomic E-state index is -0.270. The number of amides is 1. The van der Waals surface area contributed by atoms with Crippen LogP contribution in [-0.2, 0) is 9.53 Å². The highest BCUT2D eigenvalue weighted by molar-refractivity contribution is 5.83. The molecule has 1 aliphatic rings. The van der Waals surface area contributed by atoms with Gasteiger partial charge in [-0.05, 0) is 49.8 Å². The lowest BCUT2D eigenvalue weighted by Gasteiger charge is -2.27. The van der Waals surface area contributed by atoms with Crippen LogP contribution < -0.4 is 0 Å². The Morgan fingerprint density at radius 2 is 2.09 bits per heavy atom. The molecule has 1 aliphatic heterocycles. The number of benzene rings is 1. The van der Waals surface area contributed by atoms with Gasteiger partial charge in [-0.2, -0.15) is 0 Å². The summed E-state index contributed by atoms with van der Waals surface area (Å²) in [4.78, 5) is 14.4. The maximum absolute atomic E-state index is 13.0. The molecule has 0 N–H and O–H groups in total. The Bertz CT molecular complexity index is 468. The SMILES string of the molecule is CCC(C(=O)N(C)CCC1CCCCO1)c1ccc(F)cc1. The van der Waals surface area contributed by atoms with Crippen molar-refractivity contribution in [3.63, 3.8) is 0 Å². The molecule has 2 unspecified atom stereocenters. The van der Waals surface area contributed by atoms with Crippen molar-refractivity contribution in [1.82, 2.24) is 4.90 Å². The number of hydrogen-bond acceptors (Lipinski definition) is 2. The smallest absolute Gasteiger partial charge is 0.229 e. The predicted octanol–water partition coefficient (Wildman–Crippen LogP) is 3.74. The molecule has 0 aromatic heterocycles. The Balaban J connectivity index is 1.90. The topological polar surface area (TPSA) is 29.5 Å². The molecule has 1 fully saturated rings. The zero-order valence-electron chi connectivity index (χ0n) is 13.6. The summed E-state index contributed by atoms with van der Waals surface area (Å²) in [7, 11) is 1.84. The van der Waals surface area contributed by atoms with Gasteiger partial charge in [0.05, 0.1) is 12.0 Å². The van der Waals surface area contributed by atoms with E-state index in [9.17, 15) is 9.18 Å². The molecule has 0 radical (unpaired) electrons. The van der Waals surface area contributed by atoms with Gasteiger partial charge in [-0.3, -0.25) is 4.79 Å². The number of carbonyl (C=O) groups excluding carboxylic acids is 1. The van der Waals surface area contributed by atoms with E-state index in [-0.39, 0.29) is 23.7 Å². The Kier molecular flexibility index (Phi) is 6.37. The number of nitrogens with zero attached hydrogens (tertiary/aromatic N) is 1. The molecule has 0 bridgehead atoms. The molecule has 0 saturated carbocycles. The van der Waals surface area contributed by atoms with E-state index < -0.39 is 0 Å². The number of carbonyl (C=O) groups is 1. The fourth-order valence-electron chi connectivity index (χ4n) is 3.00. The normalized spacial score (nSPS) is 19.7. The van der Waals surface area contributed by atoms with Gasteiger partial charge in [0.25, 0.3) is 0 Å². The number of halogens is 1. The average molecular weight is 307 g/mol. The highest BCUT2D eigenvalue weighted by atomic mass is 19.1. The van der Waals surface area contributed by atoms with Crippen molar-refractivity contribution < 1.29 is 13.9 Å². The molecule has 1 aromatic carbocycles. The van der Waals surface area contributed by atoms with Crippen LogP contribution >= 0.6 is 0 Å². The lowest BCUT2D eigenvalue weighted by Crippen LogP contribution is -2.34. The summed E-state index contributed by atoms with van der Waals surface area (Å²) < 4.78 is 18.7. The van der Waals surface area contributed by atoms with Gasteiger partial charge in [0.2, 0.25) is 5.91 Å². The van der Waals surface area contributed by atoms with E-state index in [1.54, 1.807) is 17.0 Å². The van der Waals surface area contributed by atoms with Gasteiger partial charge < -0.3 is 9.64 Å². The molecule has 1 amide bonds. The van der Waals surface area contributed by atoms with E-state index in [1.807, 2.05) is 14.0 Å². The van der Waals surface area contributed by atoms with Gasteiger partial charge in [-0.25, -0.2) is 4.39 Å². The summed E-state index contributed by atoms with van der Waals surface area (Å²) in [5.74, 6) is -0.364. The van der Waals surface area contributed by atoms with Gasteiger partial charge in [-0.1, -0.05) is 19.1 Å². The minimum Gasteiger partial charge on any atom is -0.378 e. The summed E-state index contributed by atoms with van der Waals surface area (Å²) in [6.45, 7) is 3.54. The first-order chi connectivity index (χ1) is 10.6. The summed E-state index contributed by atoms with van der Waals surface area (Å²) in [5, 5.41) is 0. The maximum Gasteiger partial charge on any atom is 0.229 e. The molecule has 2 rings (SSSR count). The fourth-order valence-corrected chi connectivity index (χ4v) is 3.00. The standard InChI is InChI=1S/C18H26FNO2/c1-3-17(14-7-9-15(19)10-8-14)18(21)20(2)12-11-16-6-4-5-13-22-16/h7-10,16-17H,3-6,11-13H2,1-2H3. The van der Waals surface area contributed by atoms with E-state index in [0.717, 1.165) is 31.4 Å². The van der Waals surface area contributed by atoms with Crippen LogP contribution in [-0.4, -0.2) is 37.1 Å². The van der Waals surface area contributed by atoms with Crippen molar-refractivity contribution in [3.8, 4) is 0 Å². The predicted molar refractivity (Wildman–Crippen MR) is 85.3 cm³/mol. The third-order valence-electron chi connectivity index (χ3n) is 4.42. The van der Waals surface area contributed by atoms with Crippen LogP contribution in [0.3, 0.4) is 0 Å². The van der Waals surface area contributed by atoms with Gasteiger partial charge >= 0.3 is 0 Å². The second kappa shape index (κ2) is 8.28. The monoisotopic (exact) mass is 307 g/mol. The number of hydrogen-bond donors (Lipinski definition) is 0. The second-order valence-corrected chi connectivity index (χ2v) is 6.05. The van der Waals surface area contributed by atoms with Gasteiger partial charge in [-0.15, -0.1) is 0 Å². The first-order valence-electron chi connectivity index (χ1n) is 8.24. The van der Waals surface area contributed by atoms with Crippen molar-refractivity contribution in [2.24, 2.45) is 0 Å². The van der Waals surface area contributed by atoms with Crippen LogP contribution in [0.4, 0.5) is 4.39 Å². The summed E-state index contributed by atoms with van der Waals surface area (Å²) >= 11 is 0. The largest absolute Gasteiger partial charge is 0.378 e. The first kappa shape index (κ1) is 16.9. The number of likely N-dealkylation sites (N-methyl/N-ethyl adjacent to an activating group) is 1. The number of rotatable bonds is 6. The Morgan fingerprint density at radius 3 is 2.68 bits per heavy atom. The zero-order chi connectivity index (χ0) is 15.9. The summed E-state index contributed by atoms with van der Waals surface area (Å²) in [6, 6.07) is 6.25. The fraction of sp³-hybridized carbons (Fsp3) is 0.611. The molecule has 1 heterocycles. The van der Waals surface area contributed by atoms with Crippen LogP contribution in [0.5, 0.6) is 0 Å². The summed E-state index contributed by atoms with van der Waals surface area (Å²) in [5.41, 5.74) is 0.884. The highest BCUT2D eigenvalue weighted by Gasteiger charge is 2.23. The van der Waals surface area contributed by atoms with E-state index >= 15 is 0 Å². The van der Waals surface area contributed by atoms with Crippen molar-refractivity contribution in [1.29, 1.82) is 0 Å². The maximum atomic E-state index is 13.0. The lowest BCUT2D eigenvalue weighted by atomic mass is 9.95. The van der Waals surface area contributed by atoms with Crippen LogP contribution in [0.15, 0.2) is 24.3 Å². The van der Waals surface area contributed by atoms with Crippen molar-refractivity contribution >= 4 is 5.91 Å². The third-order valence-corrected chi connectivity index (χ3v) is 4.42. The molecule has 22 heavy (non-hydrogen) atoms. The third kappa shape index (κ3) is 4.54. The quantitative estimate of drug-likeness (QED) is 0.801. The zero-order valence-corrected chi connectivity index (χ0v) is 13.6. The van der Waals surface area contributed by atoms with E-state index in [2.05, 4.69) is 0 Å². The average Bonchev–Trinajstić information content (AvgIpc) is 2.56. The molecule has 1 saturated heterocycles. The Labute approximate surface area is 132 Å². The highest BCUT2D eigenvalue weighted by Crippen LogP contribution is 2.23. The Morgan fingerprint density at radius 1 is 1.36 bits per heavy atom. The molecule has 0 aliphatic carbocycles. The molecule has 122 valence electrons. The molecule has 0 spiro atoms. The molecular formula is C18H26FNO2. The second-order valence-electron chi connectivity index (χ2n) is 6.05. The number of ether oxygens (including phenoxy) is 1. The molecular weight excluding hydrogens is 281 g/mol. The van der Waals surface area contributed by atoms with Crippen LogP contribution in [0.25, 0.3) is 0 Å². The lowest BCUT2D eigenvalue weighted by molar-refractivity contribution is -0.132. The Hall–Kier alpha value is -1.42. The van der Waals surface area contributed by atoms with Crippen LogP contribution in [0.2, 0.25) is 0 Å². The van der Waals surface area contributed by atoms with E-state index in [1.165, 1.54) is 18.6 Å². The van der Waals surface area contributed by atoms with Crippen molar-refractivity contribution in [2.75, 3.05) is 20.2 Å². The van der Waals surface area contributed by atoms with E-state index in [0.29, 0.717) is 13.0 Å². The van der Waals surface area contributed by atoms with Gasteiger partial charge in [0.1, 0.15) is 5.82 Å². The molecule has 1 aromatic rings. The molecule has 3 nitrogen and oxygen atoms in total. The minimum absolute atomic E-state index is 0.102. The molecule has 2 atom stereocenters. The van der Waals surface area contributed by atoms with Crippen LogP contribution in [0, 0.1) is 5.82 Å². The first-order valence-corrected chi connectivity index (χ1v) is 8.24. The summed E-state index contributed by atoms with van der Waals surface area (Å²) in [6.07, 6.45) is 5.35. The van der Waals surface area contributed by atoms with Crippen molar-refractivity contribution in [3.05, 3.63) is 35.6 Å².